The van der Waals surface area contributed by atoms with E-state index in [2.05, 4.69) is 10.6 Å². The highest BCUT2D eigenvalue weighted by atomic mass is 16.5. The van der Waals surface area contributed by atoms with E-state index in [0.29, 0.717) is 12.3 Å². The number of hydrogen-bond acceptors (Lipinski definition) is 5. The number of nitrogens with one attached hydrogen (secondary N) is 2. The van der Waals surface area contributed by atoms with Gasteiger partial charge in [-0.25, -0.2) is 0 Å². The highest BCUT2D eigenvalue weighted by Crippen LogP contribution is 2.47. The maximum Gasteiger partial charge on any atom is 0.326 e. The molecule has 4 atom stereocenters. The van der Waals surface area contributed by atoms with E-state index in [1.807, 2.05) is 13.8 Å². The number of hydrogen-bond donors (Lipinski definition) is 2. The number of carbonyl (C=O) groups is 3. The SMILES string of the molecule is COC(=O)[C@@]1(CC(C)C)N[C@@H](C2CCCCC2)[C@H]2C(=O)NC(=O)[C@H]21. The molecule has 0 aromatic carbocycles. The van der Waals surface area contributed by atoms with E-state index in [9.17, 15) is 14.4 Å². The van der Waals surface area contributed by atoms with Crippen molar-refractivity contribution in [3.63, 3.8) is 0 Å². The Hall–Kier alpha value is -1.43. The van der Waals surface area contributed by atoms with E-state index >= 15 is 0 Å². The largest absolute Gasteiger partial charge is 0.468 e. The van der Waals surface area contributed by atoms with Crippen LogP contribution in [0.25, 0.3) is 0 Å². The number of ether oxygens (including phenoxy) is 1. The molecule has 0 aromatic heterocycles. The van der Waals surface area contributed by atoms with Crippen LogP contribution in [0.15, 0.2) is 0 Å². The predicted molar refractivity (Wildman–Crippen MR) is 87.8 cm³/mol. The van der Waals surface area contributed by atoms with Crippen LogP contribution in [0.4, 0.5) is 0 Å². The predicted octanol–water partition coefficient (Wildman–Crippen LogP) is 1.39. The van der Waals surface area contributed by atoms with E-state index in [4.69, 9.17) is 4.74 Å². The summed E-state index contributed by atoms with van der Waals surface area (Å²) in [4.78, 5) is 37.7. The summed E-state index contributed by atoms with van der Waals surface area (Å²) in [5.41, 5.74) is -1.09. The third-order valence-electron chi connectivity index (χ3n) is 5.97. The van der Waals surface area contributed by atoms with Gasteiger partial charge in [0.2, 0.25) is 11.8 Å². The third kappa shape index (κ3) is 2.65. The van der Waals surface area contributed by atoms with Gasteiger partial charge in [-0.3, -0.25) is 25.0 Å². The van der Waals surface area contributed by atoms with Crippen LogP contribution in [-0.4, -0.2) is 36.5 Å². The van der Waals surface area contributed by atoms with Crippen LogP contribution in [0.2, 0.25) is 0 Å². The number of esters is 1. The zero-order chi connectivity index (χ0) is 17.5. The molecule has 6 heteroatoms. The molecule has 2 N–H and O–H groups in total. The Kier molecular flexibility index (Phi) is 4.69. The van der Waals surface area contributed by atoms with Crippen molar-refractivity contribution in [1.29, 1.82) is 0 Å². The molecule has 6 nitrogen and oxygen atoms in total. The lowest BCUT2D eigenvalue weighted by Crippen LogP contribution is -2.58. The molecule has 2 heterocycles. The summed E-state index contributed by atoms with van der Waals surface area (Å²) in [6.45, 7) is 4.04. The molecule has 2 amide bonds. The summed E-state index contributed by atoms with van der Waals surface area (Å²) in [5, 5.41) is 5.93. The van der Waals surface area contributed by atoms with Crippen molar-refractivity contribution >= 4 is 17.8 Å². The number of carbonyl (C=O) groups excluding carboxylic acids is 3. The van der Waals surface area contributed by atoms with Crippen molar-refractivity contribution in [3.05, 3.63) is 0 Å². The first-order chi connectivity index (χ1) is 11.4. The monoisotopic (exact) mass is 336 g/mol. The Morgan fingerprint density at radius 3 is 2.46 bits per heavy atom. The maximum absolute atomic E-state index is 12.7. The zero-order valence-corrected chi connectivity index (χ0v) is 14.8. The number of fused-ring (bicyclic) bond motifs is 1. The van der Waals surface area contributed by atoms with Crippen LogP contribution in [0, 0.1) is 23.7 Å². The molecule has 2 aliphatic heterocycles. The van der Waals surface area contributed by atoms with Crippen LogP contribution in [-0.2, 0) is 19.1 Å². The zero-order valence-electron chi connectivity index (χ0n) is 14.8. The van der Waals surface area contributed by atoms with Gasteiger partial charge in [0.25, 0.3) is 0 Å². The molecule has 0 radical (unpaired) electrons. The second-order valence-electron chi connectivity index (χ2n) is 7.99. The van der Waals surface area contributed by atoms with Crippen molar-refractivity contribution < 1.29 is 19.1 Å². The summed E-state index contributed by atoms with van der Waals surface area (Å²) < 4.78 is 5.07. The van der Waals surface area contributed by atoms with Crippen molar-refractivity contribution in [2.75, 3.05) is 7.11 Å². The molecular weight excluding hydrogens is 308 g/mol. The standard InChI is InChI=1S/C18H28N2O4/c1-10(2)9-18(17(23)24-3)13-12(15(21)19-16(13)22)14(20-18)11-7-5-4-6-8-11/h10-14,20H,4-9H2,1-3H3,(H,19,21,22)/t12-,13-,14-,18-/m0/s1. The minimum atomic E-state index is -1.09. The van der Waals surface area contributed by atoms with E-state index in [0.717, 1.165) is 25.7 Å². The molecule has 0 bridgehead atoms. The van der Waals surface area contributed by atoms with Crippen molar-refractivity contribution in [3.8, 4) is 0 Å². The Bertz CT molecular complexity index is 541. The van der Waals surface area contributed by atoms with E-state index in [1.165, 1.54) is 13.5 Å². The highest BCUT2D eigenvalue weighted by Gasteiger charge is 2.67. The molecule has 0 spiro atoms. The van der Waals surface area contributed by atoms with Gasteiger partial charge in [-0.05, 0) is 31.1 Å². The fourth-order valence-corrected chi connectivity index (χ4v) is 5.16. The van der Waals surface area contributed by atoms with Gasteiger partial charge in [0.15, 0.2) is 0 Å². The average Bonchev–Trinajstić information content (AvgIpc) is 3.05. The maximum atomic E-state index is 12.7. The first kappa shape index (κ1) is 17.4. The quantitative estimate of drug-likeness (QED) is 0.598. The Morgan fingerprint density at radius 1 is 1.21 bits per heavy atom. The molecule has 0 unspecified atom stereocenters. The normalized spacial score (nSPS) is 36.8. The minimum absolute atomic E-state index is 0.125. The second kappa shape index (κ2) is 6.47. The first-order valence-electron chi connectivity index (χ1n) is 9.11. The lowest BCUT2D eigenvalue weighted by molar-refractivity contribution is -0.153. The van der Waals surface area contributed by atoms with Crippen LogP contribution < -0.4 is 10.6 Å². The Labute approximate surface area is 143 Å². The van der Waals surface area contributed by atoms with Gasteiger partial charge in [-0.1, -0.05) is 33.1 Å². The molecule has 1 saturated carbocycles. The summed E-state index contributed by atoms with van der Waals surface area (Å²) in [6.07, 6.45) is 6.08. The molecule has 2 saturated heterocycles. The van der Waals surface area contributed by atoms with Gasteiger partial charge in [-0.2, -0.15) is 0 Å². The fourth-order valence-electron chi connectivity index (χ4n) is 5.16. The topological polar surface area (TPSA) is 84.5 Å². The first-order valence-corrected chi connectivity index (χ1v) is 9.11. The number of imide groups is 1. The van der Waals surface area contributed by atoms with Crippen LogP contribution in [0.5, 0.6) is 0 Å². The molecule has 134 valence electrons. The van der Waals surface area contributed by atoms with Gasteiger partial charge in [0.05, 0.1) is 18.9 Å². The van der Waals surface area contributed by atoms with Crippen LogP contribution in [0.3, 0.4) is 0 Å². The number of rotatable bonds is 4. The van der Waals surface area contributed by atoms with E-state index in [-0.39, 0.29) is 23.8 Å². The Morgan fingerprint density at radius 2 is 1.88 bits per heavy atom. The molecule has 24 heavy (non-hydrogen) atoms. The second-order valence-corrected chi connectivity index (χ2v) is 7.99. The summed E-state index contributed by atoms with van der Waals surface area (Å²) >= 11 is 0. The summed E-state index contributed by atoms with van der Waals surface area (Å²) in [6, 6.07) is -0.125. The molecule has 1 aliphatic carbocycles. The lowest BCUT2D eigenvalue weighted by atomic mass is 9.73. The highest BCUT2D eigenvalue weighted by molar-refractivity contribution is 6.09. The lowest BCUT2D eigenvalue weighted by Gasteiger charge is -2.35. The van der Waals surface area contributed by atoms with Crippen molar-refractivity contribution in [1.82, 2.24) is 10.6 Å². The molecule has 3 aliphatic rings. The fraction of sp³-hybridized carbons (Fsp3) is 0.833. The minimum Gasteiger partial charge on any atom is -0.468 e. The van der Waals surface area contributed by atoms with Gasteiger partial charge in [0, 0.05) is 6.04 Å². The molecular formula is C18H28N2O4. The molecule has 3 rings (SSSR count). The molecule has 0 aromatic rings. The number of methoxy groups -OCH3 is 1. The number of amides is 2. The van der Waals surface area contributed by atoms with Gasteiger partial charge in [-0.15, -0.1) is 0 Å². The van der Waals surface area contributed by atoms with E-state index in [1.54, 1.807) is 0 Å². The molecule has 3 fully saturated rings. The smallest absolute Gasteiger partial charge is 0.326 e. The van der Waals surface area contributed by atoms with Crippen LogP contribution >= 0.6 is 0 Å². The van der Waals surface area contributed by atoms with Crippen LogP contribution in [0.1, 0.15) is 52.4 Å². The van der Waals surface area contributed by atoms with Crippen molar-refractivity contribution in [2.45, 2.75) is 64.0 Å². The summed E-state index contributed by atoms with van der Waals surface area (Å²) in [7, 11) is 1.35. The Balaban J connectivity index is 2.00. The van der Waals surface area contributed by atoms with Gasteiger partial charge < -0.3 is 4.74 Å². The van der Waals surface area contributed by atoms with Gasteiger partial charge >= 0.3 is 5.97 Å². The average molecular weight is 336 g/mol. The van der Waals surface area contributed by atoms with Crippen molar-refractivity contribution in [2.24, 2.45) is 23.7 Å². The van der Waals surface area contributed by atoms with Gasteiger partial charge in [0.1, 0.15) is 5.54 Å². The third-order valence-corrected chi connectivity index (χ3v) is 5.97. The van der Waals surface area contributed by atoms with E-state index < -0.39 is 23.3 Å². The summed E-state index contributed by atoms with van der Waals surface area (Å²) in [5.74, 6) is -1.57.